The zero-order valence-electron chi connectivity index (χ0n) is 6.19. The molecule has 0 aromatic carbocycles. The van der Waals surface area contributed by atoms with E-state index in [2.05, 4.69) is 4.98 Å². The molecule has 0 saturated heterocycles. The van der Waals surface area contributed by atoms with E-state index in [4.69, 9.17) is 11.6 Å². The van der Waals surface area contributed by atoms with Crippen molar-refractivity contribution in [2.24, 2.45) is 7.05 Å². The highest BCUT2D eigenvalue weighted by Gasteiger charge is 2.35. The van der Waals surface area contributed by atoms with Crippen molar-refractivity contribution >= 4 is 11.6 Å². The smallest absolute Gasteiger partial charge is 0.330 e. The van der Waals surface area contributed by atoms with Gasteiger partial charge in [0.25, 0.3) is 0 Å². The lowest BCUT2D eigenvalue weighted by molar-refractivity contribution is -0.146. The Bertz CT molecular complexity index is 279. The summed E-state index contributed by atoms with van der Waals surface area (Å²) in [4.78, 5) is 3.31. The minimum absolute atomic E-state index is 0.01000. The van der Waals surface area contributed by atoms with Crippen molar-refractivity contribution in [3.05, 3.63) is 17.7 Å². The first-order valence-electron chi connectivity index (χ1n) is 3.10. The van der Waals surface area contributed by atoms with Gasteiger partial charge >= 0.3 is 6.18 Å². The molecule has 0 atom stereocenters. The molecule has 2 nitrogen and oxygen atoms in total. The summed E-state index contributed by atoms with van der Waals surface area (Å²) < 4.78 is 37.1. The Labute approximate surface area is 72.0 Å². The van der Waals surface area contributed by atoms with E-state index in [0.29, 0.717) is 0 Å². The van der Waals surface area contributed by atoms with Gasteiger partial charge in [0.2, 0.25) is 5.82 Å². The summed E-state index contributed by atoms with van der Waals surface area (Å²) in [5, 5.41) is 0. The van der Waals surface area contributed by atoms with E-state index in [1.165, 1.54) is 13.2 Å². The number of halogens is 4. The number of hydrogen-bond donors (Lipinski definition) is 0. The Morgan fingerprint density at radius 2 is 2.17 bits per heavy atom. The van der Waals surface area contributed by atoms with Gasteiger partial charge in [0.05, 0.1) is 11.6 Å². The molecule has 0 aliphatic heterocycles. The van der Waals surface area contributed by atoms with Gasteiger partial charge in [-0.1, -0.05) is 0 Å². The Morgan fingerprint density at radius 3 is 2.42 bits per heavy atom. The summed E-state index contributed by atoms with van der Waals surface area (Å²) in [6.45, 7) is 0. The van der Waals surface area contributed by atoms with E-state index >= 15 is 0 Å². The molecule has 0 radical (unpaired) electrons. The van der Waals surface area contributed by atoms with Gasteiger partial charge in [0.15, 0.2) is 0 Å². The van der Waals surface area contributed by atoms with Crippen LogP contribution in [-0.2, 0) is 19.1 Å². The lowest BCUT2D eigenvalue weighted by atomic mass is 10.6. The third-order valence-electron chi connectivity index (χ3n) is 1.32. The molecule has 0 bridgehead atoms. The van der Waals surface area contributed by atoms with E-state index in [1.54, 1.807) is 0 Å². The van der Waals surface area contributed by atoms with Crippen molar-refractivity contribution in [1.82, 2.24) is 9.55 Å². The molecule has 0 N–H and O–H groups in total. The van der Waals surface area contributed by atoms with Crippen LogP contribution >= 0.6 is 11.6 Å². The molecular weight excluding hydrogens is 193 g/mol. The number of nitrogens with zero attached hydrogens (tertiary/aromatic N) is 2. The topological polar surface area (TPSA) is 17.8 Å². The molecular formula is C6H6ClF3N2. The Kier molecular flexibility index (Phi) is 2.32. The van der Waals surface area contributed by atoms with Gasteiger partial charge in [0.1, 0.15) is 0 Å². The number of aryl methyl sites for hydroxylation is 1. The number of alkyl halides is 4. The van der Waals surface area contributed by atoms with Crippen LogP contribution in [0.5, 0.6) is 0 Å². The van der Waals surface area contributed by atoms with E-state index in [-0.39, 0.29) is 11.6 Å². The van der Waals surface area contributed by atoms with Crippen molar-refractivity contribution in [1.29, 1.82) is 0 Å². The first-order valence-corrected chi connectivity index (χ1v) is 3.64. The Balaban J connectivity index is 3.08. The Hall–Kier alpha value is -0.710. The molecule has 6 heteroatoms. The van der Waals surface area contributed by atoms with Gasteiger partial charge in [-0.2, -0.15) is 13.2 Å². The van der Waals surface area contributed by atoms with E-state index in [0.717, 1.165) is 4.57 Å². The van der Waals surface area contributed by atoms with Crippen molar-refractivity contribution in [2.45, 2.75) is 12.1 Å². The van der Waals surface area contributed by atoms with Crippen LogP contribution in [0, 0.1) is 0 Å². The van der Waals surface area contributed by atoms with Gasteiger partial charge in [-0.15, -0.1) is 11.6 Å². The van der Waals surface area contributed by atoms with Gasteiger partial charge in [-0.3, -0.25) is 0 Å². The molecule has 0 unspecified atom stereocenters. The fourth-order valence-corrected chi connectivity index (χ4v) is 0.985. The zero-order valence-corrected chi connectivity index (χ0v) is 6.95. The summed E-state index contributed by atoms with van der Waals surface area (Å²) in [6, 6.07) is 0. The summed E-state index contributed by atoms with van der Waals surface area (Å²) in [5.74, 6) is -0.928. The second-order valence-electron chi connectivity index (χ2n) is 2.30. The van der Waals surface area contributed by atoms with Crippen molar-refractivity contribution in [2.75, 3.05) is 0 Å². The Morgan fingerprint density at radius 1 is 1.58 bits per heavy atom. The average Bonchev–Trinajstić information content (AvgIpc) is 2.29. The fourth-order valence-electron chi connectivity index (χ4n) is 0.856. The minimum atomic E-state index is -4.40. The molecule has 68 valence electrons. The fraction of sp³-hybridized carbons (Fsp3) is 0.500. The maximum absolute atomic E-state index is 12.1. The van der Waals surface area contributed by atoms with Crippen LogP contribution in [0.2, 0.25) is 0 Å². The van der Waals surface area contributed by atoms with Crippen LogP contribution < -0.4 is 0 Å². The van der Waals surface area contributed by atoms with Gasteiger partial charge in [0, 0.05) is 13.2 Å². The van der Waals surface area contributed by atoms with E-state index in [1.807, 2.05) is 0 Å². The van der Waals surface area contributed by atoms with Crippen LogP contribution in [0.15, 0.2) is 6.20 Å². The first kappa shape index (κ1) is 9.38. The SMILES string of the molecule is Cn1cc(CCl)nc1C(F)(F)F. The maximum Gasteiger partial charge on any atom is 0.449 e. The number of rotatable bonds is 1. The molecule has 0 aliphatic carbocycles. The molecule has 0 fully saturated rings. The molecule has 12 heavy (non-hydrogen) atoms. The lowest BCUT2D eigenvalue weighted by Gasteiger charge is -2.04. The highest BCUT2D eigenvalue weighted by atomic mass is 35.5. The number of imidazole rings is 1. The van der Waals surface area contributed by atoms with Gasteiger partial charge in [-0.25, -0.2) is 4.98 Å². The zero-order chi connectivity index (χ0) is 9.35. The van der Waals surface area contributed by atoms with Gasteiger partial charge < -0.3 is 4.57 Å². The second-order valence-corrected chi connectivity index (χ2v) is 2.57. The van der Waals surface area contributed by atoms with Crippen molar-refractivity contribution in [3.8, 4) is 0 Å². The third-order valence-corrected chi connectivity index (χ3v) is 1.59. The molecule has 0 aliphatic rings. The monoisotopic (exact) mass is 198 g/mol. The molecule has 1 rings (SSSR count). The van der Waals surface area contributed by atoms with E-state index in [9.17, 15) is 13.2 Å². The normalized spacial score (nSPS) is 12.1. The largest absolute Gasteiger partial charge is 0.449 e. The molecule has 1 aromatic rings. The van der Waals surface area contributed by atoms with Crippen LogP contribution in [-0.4, -0.2) is 9.55 Å². The second kappa shape index (κ2) is 2.97. The minimum Gasteiger partial charge on any atom is -0.330 e. The molecule has 0 amide bonds. The summed E-state index contributed by atoms with van der Waals surface area (Å²) in [7, 11) is 1.28. The summed E-state index contributed by atoms with van der Waals surface area (Å²) >= 11 is 5.32. The summed E-state index contributed by atoms with van der Waals surface area (Å²) in [6.07, 6.45) is -3.14. The highest BCUT2D eigenvalue weighted by molar-refractivity contribution is 6.16. The maximum atomic E-state index is 12.1. The summed E-state index contributed by atoms with van der Waals surface area (Å²) in [5.41, 5.74) is 0.228. The first-order chi connectivity index (χ1) is 5.45. The van der Waals surface area contributed by atoms with Gasteiger partial charge in [-0.05, 0) is 0 Å². The third kappa shape index (κ3) is 1.72. The predicted octanol–water partition coefficient (Wildman–Crippen LogP) is 2.18. The van der Waals surface area contributed by atoms with E-state index < -0.39 is 12.0 Å². The lowest BCUT2D eigenvalue weighted by Crippen LogP contribution is -2.12. The molecule has 1 heterocycles. The highest BCUT2D eigenvalue weighted by Crippen LogP contribution is 2.27. The number of hydrogen-bond acceptors (Lipinski definition) is 1. The van der Waals surface area contributed by atoms with Crippen molar-refractivity contribution < 1.29 is 13.2 Å². The molecule has 1 aromatic heterocycles. The van der Waals surface area contributed by atoms with Crippen LogP contribution in [0.3, 0.4) is 0 Å². The number of aromatic nitrogens is 2. The average molecular weight is 199 g/mol. The molecule has 0 saturated carbocycles. The quantitative estimate of drug-likeness (QED) is 0.633. The van der Waals surface area contributed by atoms with Crippen molar-refractivity contribution in [3.63, 3.8) is 0 Å². The van der Waals surface area contributed by atoms with Crippen LogP contribution in [0.4, 0.5) is 13.2 Å². The molecule has 0 spiro atoms. The van der Waals surface area contributed by atoms with Crippen LogP contribution in [0.1, 0.15) is 11.5 Å². The predicted molar refractivity (Wildman–Crippen MR) is 37.8 cm³/mol. The van der Waals surface area contributed by atoms with Crippen LogP contribution in [0.25, 0.3) is 0 Å². The standard InChI is InChI=1S/C6H6ClF3N2/c1-12-3-4(2-7)11-5(12)6(8,9)10/h3H,2H2,1H3.